The van der Waals surface area contributed by atoms with Crippen molar-refractivity contribution in [2.24, 2.45) is 0 Å². The van der Waals surface area contributed by atoms with Crippen LogP contribution >= 0.6 is 0 Å². The highest BCUT2D eigenvalue weighted by Crippen LogP contribution is 2.38. The minimum absolute atomic E-state index is 0.344. The molecule has 0 spiro atoms. The second-order valence-corrected chi connectivity index (χ2v) is 4.85. The monoisotopic (exact) mass is 250 g/mol. The topological polar surface area (TPSA) is 59.1 Å². The Morgan fingerprint density at radius 2 is 2.11 bits per heavy atom. The van der Waals surface area contributed by atoms with Crippen molar-refractivity contribution < 1.29 is 4.74 Å². The zero-order valence-electron chi connectivity index (χ0n) is 11.4. The van der Waals surface area contributed by atoms with Crippen LogP contribution in [0.1, 0.15) is 37.9 Å². The molecule has 0 aromatic carbocycles. The van der Waals surface area contributed by atoms with E-state index in [1.54, 1.807) is 7.11 Å². The number of ether oxygens (including phenoxy) is 1. The molecule has 18 heavy (non-hydrogen) atoms. The SMILES string of the molecule is CNc1cc(NC(C)CCOC)nc(C2CC2)n1. The van der Waals surface area contributed by atoms with Crippen LogP contribution in [0.25, 0.3) is 0 Å². The third-order valence-corrected chi connectivity index (χ3v) is 3.09. The summed E-state index contributed by atoms with van der Waals surface area (Å²) in [6.07, 6.45) is 3.39. The summed E-state index contributed by atoms with van der Waals surface area (Å²) >= 11 is 0. The van der Waals surface area contributed by atoms with Crippen molar-refractivity contribution in [3.8, 4) is 0 Å². The summed E-state index contributed by atoms with van der Waals surface area (Å²) in [6, 6.07) is 2.30. The second kappa shape index (κ2) is 6.00. The third kappa shape index (κ3) is 3.57. The number of methoxy groups -OCH3 is 1. The molecule has 1 aromatic rings. The second-order valence-electron chi connectivity index (χ2n) is 4.85. The molecule has 1 aromatic heterocycles. The molecular weight excluding hydrogens is 228 g/mol. The minimum Gasteiger partial charge on any atom is -0.385 e. The zero-order valence-corrected chi connectivity index (χ0v) is 11.4. The van der Waals surface area contributed by atoms with E-state index in [4.69, 9.17) is 4.74 Å². The van der Waals surface area contributed by atoms with Gasteiger partial charge in [-0.15, -0.1) is 0 Å². The van der Waals surface area contributed by atoms with E-state index < -0.39 is 0 Å². The molecule has 5 nitrogen and oxygen atoms in total. The minimum atomic E-state index is 0.344. The van der Waals surface area contributed by atoms with Gasteiger partial charge in [0, 0.05) is 38.8 Å². The standard InChI is InChI=1S/C13H22N4O/c1-9(6-7-18-3)15-12-8-11(14-2)16-13(17-12)10-4-5-10/h8-10H,4-7H2,1-3H3,(H2,14,15,16,17). The lowest BCUT2D eigenvalue weighted by atomic mass is 10.2. The molecule has 1 saturated carbocycles. The Morgan fingerprint density at radius 1 is 1.39 bits per heavy atom. The predicted molar refractivity (Wildman–Crippen MR) is 73.1 cm³/mol. The van der Waals surface area contributed by atoms with Crippen LogP contribution in [0.4, 0.5) is 11.6 Å². The first kappa shape index (κ1) is 13.1. The molecule has 100 valence electrons. The highest BCUT2D eigenvalue weighted by atomic mass is 16.5. The molecule has 1 aliphatic rings. The third-order valence-electron chi connectivity index (χ3n) is 3.09. The van der Waals surface area contributed by atoms with Gasteiger partial charge in [-0.1, -0.05) is 0 Å². The number of rotatable bonds is 7. The number of hydrogen-bond acceptors (Lipinski definition) is 5. The Hall–Kier alpha value is -1.36. The van der Waals surface area contributed by atoms with Crippen LogP contribution < -0.4 is 10.6 Å². The van der Waals surface area contributed by atoms with Crippen LogP contribution in [0.15, 0.2) is 6.07 Å². The fraction of sp³-hybridized carbons (Fsp3) is 0.692. The molecule has 1 atom stereocenters. The Balaban J connectivity index is 2.04. The average Bonchev–Trinajstić information content (AvgIpc) is 3.20. The van der Waals surface area contributed by atoms with Crippen LogP contribution in [-0.4, -0.2) is 36.8 Å². The quantitative estimate of drug-likeness (QED) is 0.777. The molecule has 2 N–H and O–H groups in total. The summed E-state index contributed by atoms with van der Waals surface area (Å²) in [5.41, 5.74) is 0. The van der Waals surface area contributed by atoms with Gasteiger partial charge in [0.15, 0.2) is 0 Å². The van der Waals surface area contributed by atoms with E-state index in [1.807, 2.05) is 13.1 Å². The lowest BCUT2D eigenvalue weighted by molar-refractivity contribution is 0.191. The van der Waals surface area contributed by atoms with Crippen LogP contribution in [0.2, 0.25) is 0 Å². The van der Waals surface area contributed by atoms with Gasteiger partial charge in [0.05, 0.1) is 0 Å². The Kier molecular flexibility index (Phi) is 4.36. The fourth-order valence-corrected chi connectivity index (χ4v) is 1.81. The summed E-state index contributed by atoms with van der Waals surface area (Å²) in [6.45, 7) is 2.89. The summed E-state index contributed by atoms with van der Waals surface area (Å²) < 4.78 is 5.08. The van der Waals surface area contributed by atoms with Crippen molar-refractivity contribution in [3.05, 3.63) is 11.9 Å². The average molecular weight is 250 g/mol. The maximum atomic E-state index is 5.08. The summed E-state index contributed by atoms with van der Waals surface area (Å²) in [5, 5.41) is 6.49. The van der Waals surface area contributed by atoms with Gasteiger partial charge in [-0.05, 0) is 26.2 Å². The normalized spacial score (nSPS) is 16.4. The Labute approximate surface area is 108 Å². The van der Waals surface area contributed by atoms with E-state index in [0.29, 0.717) is 12.0 Å². The maximum absolute atomic E-state index is 5.08. The van der Waals surface area contributed by atoms with Crippen molar-refractivity contribution in [3.63, 3.8) is 0 Å². The lowest BCUT2D eigenvalue weighted by Gasteiger charge is -2.15. The number of hydrogen-bond donors (Lipinski definition) is 2. The van der Waals surface area contributed by atoms with Gasteiger partial charge in [0.2, 0.25) is 0 Å². The molecule has 1 fully saturated rings. The van der Waals surface area contributed by atoms with Crippen molar-refractivity contribution >= 4 is 11.6 Å². The molecular formula is C13H22N4O. The van der Waals surface area contributed by atoms with Gasteiger partial charge in [-0.25, -0.2) is 9.97 Å². The summed E-state index contributed by atoms with van der Waals surface area (Å²) in [7, 11) is 3.61. The van der Waals surface area contributed by atoms with Crippen molar-refractivity contribution in [2.45, 2.75) is 38.1 Å². The Morgan fingerprint density at radius 3 is 2.72 bits per heavy atom. The van der Waals surface area contributed by atoms with E-state index in [0.717, 1.165) is 30.5 Å². The van der Waals surface area contributed by atoms with E-state index in [1.165, 1.54) is 12.8 Å². The molecule has 0 radical (unpaired) electrons. The maximum Gasteiger partial charge on any atom is 0.136 e. The van der Waals surface area contributed by atoms with Crippen molar-refractivity contribution in [1.82, 2.24) is 9.97 Å². The number of aromatic nitrogens is 2. The van der Waals surface area contributed by atoms with E-state index in [-0.39, 0.29) is 0 Å². The van der Waals surface area contributed by atoms with Crippen LogP contribution in [0, 0.1) is 0 Å². The van der Waals surface area contributed by atoms with Gasteiger partial charge >= 0.3 is 0 Å². The summed E-state index contributed by atoms with van der Waals surface area (Å²) in [4.78, 5) is 9.08. The smallest absolute Gasteiger partial charge is 0.136 e. The first-order valence-corrected chi connectivity index (χ1v) is 6.55. The highest BCUT2D eigenvalue weighted by molar-refractivity contribution is 5.48. The van der Waals surface area contributed by atoms with Gasteiger partial charge in [0.1, 0.15) is 17.5 Å². The Bertz CT molecular complexity index is 393. The molecule has 5 heteroatoms. The van der Waals surface area contributed by atoms with Gasteiger partial charge in [-0.2, -0.15) is 0 Å². The predicted octanol–water partition coefficient (Wildman–Crippen LogP) is 2.23. The highest BCUT2D eigenvalue weighted by Gasteiger charge is 2.27. The zero-order chi connectivity index (χ0) is 13.0. The van der Waals surface area contributed by atoms with Gasteiger partial charge in [-0.3, -0.25) is 0 Å². The fourth-order valence-electron chi connectivity index (χ4n) is 1.81. The first-order chi connectivity index (χ1) is 8.72. The lowest BCUT2D eigenvalue weighted by Crippen LogP contribution is -2.18. The van der Waals surface area contributed by atoms with Gasteiger partial charge in [0.25, 0.3) is 0 Å². The van der Waals surface area contributed by atoms with Crippen LogP contribution in [0.3, 0.4) is 0 Å². The van der Waals surface area contributed by atoms with Crippen molar-refractivity contribution in [2.75, 3.05) is 31.4 Å². The van der Waals surface area contributed by atoms with E-state index in [2.05, 4.69) is 27.5 Å². The summed E-state index contributed by atoms with van der Waals surface area (Å²) in [5.74, 6) is 3.31. The largest absolute Gasteiger partial charge is 0.385 e. The van der Waals surface area contributed by atoms with Crippen molar-refractivity contribution in [1.29, 1.82) is 0 Å². The van der Waals surface area contributed by atoms with Crippen LogP contribution in [0.5, 0.6) is 0 Å². The molecule has 0 saturated heterocycles. The number of nitrogens with zero attached hydrogens (tertiary/aromatic N) is 2. The molecule has 0 bridgehead atoms. The first-order valence-electron chi connectivity index (χ1n) is 6.55. The number of anilines is 2. The van der Waals surface area contributed by atoms with Crippen LogP contribution in [-0.2, 0) is 4.74 Å². The molecule has 1 aliphatic carbocycles. The molecule has 0 aliphatic heterocycles. The number of nitrogens with one attached hydrogen (secondary N) is 2. The van der Waals surface area contributed by atoms with E-state index >= 15 is 0 Å². The van der Waals surface area contributed by atoms with Gasteiger partial charge < -0.3 is 15.4 Å². The molecule has 1 heterocycles. The van der Waals surface area contributed by atoms with E-state index in [9.17, 15) is 0 Å². The molecule has 2 rings (SSSR count). The molecule has 0 amide bonds. The molecule has 1 unspecified atom stereocenters.